The first-order valence-corrected chi connectivity index (χ1v) is 11.0. The Labute approximate surface area is 176 Å². The zero-order valence-corrected chi connectivity index (χ0v) is 17.6. The van der Waals surface area contributed by atoms with Gasteiger partial charge in [0, 0.05) is 5.02 Å². The van der Waals surface area contributed by atoms with Gasteiger partial charge in [0.25, 0.3) is 0 Å². The molecule has 2 aromatic carbocycles. The number of amides is 1. The lowest BCUT2D eigenvalue weighted by Crippen LogP contribution is -2.58. The highest BCUT2D eigenvalue weighted by molar-refractivity contribution is 6.36. The van der Waals surface area contributed by atoms with Crippen LogP contribution in [-0.2, 0) is 10.2 Å². The molecule has 4 bridgehead atoms. The number of rotatable bonds is 3. The first-order valence-electron chi connectivity index (χ1n) is 10.2. The summed E-state index contributed by atoms with van der Waals surface area (Å²) in [4.78, 5) is 13.5. The molecule has 146 valence electrons. The van der Waals surface area contributed by atoms with E-state index in [1.807, 2.05) is 0 Å². The van der Waals surface area contributed by atoms with Gasteiger partial charge >= 0.3 is 0 Å². The molecular formula is C24H25Cl2NO. The minimum atomic E-state index is -0.280. The highest BCUT2D eigenvalue weighted by Crippen LogP contribution is 2.66. The van der Waals surface area contributed by atoms with Gasteiger partial charge in [-0.2, -0.15) is 0 Å². The maximum absolute atomic E-state index is 13.5. The lowest BCUT2D eigenvalue weighted by atomic mass is 9.42. The van der Waals surface area contributed by atoms with E-state index in [0.717, 1.165) is 19.3 Å². The number of hydrogen-bond acceptors (Lipinski definition) is 1. The topological polar surface area (TPSA) is 29.1 Å². The van der Waals surface area contributed by atoms with Gasteiger partial charge < -0.3 is 5.32 Å². The van der Waals surface area contributed by atoms with E-state index in [-0.39, 0.29) is 16.7 Å². The first kappa shape index (κ1) is 18.5. The summed E-state index contributed by atoms with van der Waals surface area (Å²) in [6, 6.07) is 14.3. The van der Waals surface area contributed by atoms with Gasteiger partial charge in [-0.05, 0) is 86.5 Å². The highest BCUT2D eigenvalue weighted by atomic mass is 35.5. The third-order valence-electron chi connectivity index (χ3n) is 7.39. The van der Waals surface area contributed by atoms with E-state index in [9.17, 15) is 4.79 Å². The van der Waals surface area contributed by atoms with Crippen LogP contribution in [0.25, 0.3) is 0 Å². The molecule has 4 heteroatoms. The van der Waals surface area contributed by atoms with Gasteiger partial charge in [-0.1, -0.05) is 53.0 Å². The molecule has 4 aliphatic carbocycles. The third kappa shape index (κ3) is 2.97. The second kappa shape index (κ2) is 6.50. The van der Waals surface area contributed by atoms with Gasteiger partial charge in [-0.3, -0.25) is 4.79 Å². The molecule has 0 heterocycles. The van der Waals surface area contributed by atoms with Crippen LogP contribution in [-0.4, -0.2) is 5.91 Å². The van der Waals surface area contributed by atoms with Gasteiger partial charge in [0.2, 0.25) is 5.91 Å². The van der Waals surface area contributed by atoms with Crippen LogP contribution in [0.15, 0.2) is 42.5 Å². The van der Waals surface area contributed by atoms with Crippen molar-refractivity contribution in [2.45, 2.75) is 50.9 Å². The SMILES string of the molecule is Cc1ccc(C23C[C@H]4C[C@@H](CC(C(=O)Nc5ccc(Cl)cc5Cl)(C4)C2)C3)cc1. The fourth-order valence-electron chi connectivity index (χ4n) is 6.62. The Kier molecular flexibility index (Phi) is 4.30. The summed E-state index contributed by atoms with van der Waals surface area (Å²) in [5, 5.41) is 4.22. The fourth-order valence-corrected chi connectivity index (χ4v) is 7.07. The minimum absolute atomic E-state index is 0.141. The van der Waals surface area contributed by atoms with E-state index >= 15 is 0 Å². The summed E-state index contributed by atoms with van der Waals surface area (Å²) in [5.41, 5.74) is 3.25. The molecule has 0 radical (unpaired) electrons. The molecule has 4 aliphatic rings. The third-order valence-corrected chi connectivity index (χ3v) is 7.93. The molecule has 1 amide bonds. The number of carbonyl (C=O) groups excluding carboxylic acids is 1. The number of hydrogen-bond donors (Lipinski definition) is 1. The molecule has 28 heavy (non-hydrogen) atoms. The summed E-state index contributed by atoms with van der Waals surface area (Å²) in [6.45, 7) is 2.13. The van der Waals surface area contributed by atoms with Gasteiger partial charge in [0.05, 0.1) is 16.1 Å². The van der Waals surface area contributed by atoms with Crippen molar-refractivity contribution >= 4 is 34.8 Å². The molecular weight excluding hydrogens is 389 g/mol. The molecule has 0 unspecified atom stereocenters. The molecule has 0 aliphatic heterocycles. The maximum atomic E-state index is 13.5. The molecule has 6 rings (SSSR count). The molecule has 2 aromatic rings. The lowest BCUT2D eigenvalue weighted by Gasteiger charge is -2.61. The second-order valence-corrected chi connectivity index (χ2v) is 10.3. The fraction of sp³-hybridized carbons (Fsp3) is 0.458. The molecule has 0 aromatic heterocycles. The molecule has 2 nitrogen and oxygen atoms in total. The van der Waals surface area contributed by atoms with Crippen molar-refractivity contribution < 1.29 is 4.79 Å². The van der Waals surface area contributed by atoms with E-state index in [1.165, 1.54) is 30.4 Å². The number of anilines is 1. The predicted octanol–water partition coefficient (Wildman–Crippen LogP) is 6.78. The van der Waals surface area contributed by atoms with Crippen LogP contribution in [0.3, 0.4) is 0 Å². The van der Waals surface area contributed by atoms with Crippen molar-refractivity contribution in [1.82, 2.24) is 0 Å². The Balaban J connectivity index is 1.47. The largest absolute Gasteiger partial charge is 0.324 e. The van der Waals surface area contributed by atoms with Crippen LogP contribution in [0.2, 0.25) is 10.0 Å². The van der Waals surface area contributed by atoms with Crippen molar-refractivity contribution in [2.24, 2.45) is 17.3 Å². The summed E-state index contributed by atoms with van der Waals surface area (Å²) >= 11 is 12.3. The average Bonchev–Trinajstić information content (AvgIpc) is 2.63. The number of aryl methyl sites for hydroxylation is 1. The predicted molar refractivity (Wildman–Crippen MR) is 115 cm³/mol. The second-order valence-electron chi connectivity index (χ2n) is 9.47. The van der Waals surface area contributed by atoms with Crippen LogP contribution in [0.5, 0.6) is 0 Å². The monoisotopic (exact) mass is 413 g/mol. The number of carbonyl (C=O) groups is 1. The van der Waals surface area contributed by atoms with E-state index in [1.54, 1.807) is 18.2 Å². The number of halogens is 2. The highest BCUT2D eigenvalue weighted by Gasteiger charge is 2.60. The lowest BCUT2D eigenvalue weighted by molar-refractivity contribution is -0.143. The molecule has 0 spiro atoms. The Morgan fingerprint density at radius 3 is 2.32 bits per heavy atom. The quantitative estimate of drug-likeness (QED) is 0.589. The van der Waals surface area contributed by atoms with Gasteiger partial charge in [-0.15, -0.1) is 0 Å². The maximum Gasteiger partial charge on any atom is 0.230 e. The standard InChI is InChI=1S/C24H25Cl2NO/c1-15-2-4-18(5-3-15)23-10-16-8-17(11-23)13-24(12-16,14-23)22(28)27-21-7-6-19(25)9-20(21)26/h2-7,9,16-17H,8,10-14H2,1H3,(H,27,28)/t16-,17-,23?,24?/m1/s1. The van der Waals surface area contributed by atoms with Crippen molar-refractivity contribution in [3.8, 4) is 0 Å². The molecule has 4 fully saturated rings. The van der Waals surface area contributed by atoms with Crippen LogP contribution in [0.4, 0.5) is 5.69 Å². The van der Waals surface area contributed by atoms with Gasteiger partial charge in [0.15, 0.2) is 0 Å². The Hall–Kier alpha value is -1.51. The van der Waals surface area contributed by atoms with Crippen molar-refractivity contribution in [3.63, 3.8) is 0 Å². The summed E-state index contributed by atoms with van der Waals surface area (Å²) in [7, 11) is 0. The zero-order chi connectivity index (χ0) is 19.5. The summed E-state index contributed by atoms with van der Waals surface area (Å²) < 4.78 is 0. The van der Waals surface area contributed by atoms with Crippen LogP contribution in [0.1, 0.15) is 49.7 Å². The first-order chi connectivity index (χ1) is 13.4. The van der Waals surface area contributed by atoms with Crippen molar-refractivity contribution in [1.29, 1.82) is 0 Å². The Bertz CT molecular complexity index is 922. The summed E-state index contributed by atoms with van der Waals surface area (Å²) in [5.74, 6) is 1.44. The average molecular weight is 414 g/mol. The minimum Gasteiger partial charge on any atom is -0.324 e. The van der Waals surface area contributed by atoms with Crippen LogP contribution < -0.4 is 5.32 Å². The van der Waals surface area contributed by atoms with Crippen molar-refractivity contribution in [2.75, 3.05) is 5.32 Å². The summed E-state index contributed by atoms with van der Waals surface area (Å²) in [6.07, 6.45) is 6.70. The van der Waals surface area contributed by atoms with E-state index in [2.05, 4.69) is 36.5 Å². The van der Waals surface area contributed by atoms with E-state index < -0.39 is 0 Å². The van der Waals surface area contributed by atoms with Gasteiger partial charge in [0.1, 0.15) is 0 Å². The number of nitrogens with one attached hydrogen (secondary N) is 1. The molecule has 2 atom stereocenters. The Morgan fingerprint density at radius 1 is 1.00 bits per heavy atom. The van der Waals surface area contributed by atoms with E-state index in [4.69, 9.17) is 23.2 Å². The normalized spacial score (nSPS) is 33.1. The number of benzene rings is 2. The van der Waals surface area contributed by atoms with Crippen molar-refractivity contribution in [3.05, 3.63) is 63.6 Å². The molecule has 1 N–H and O–H groups in total. The van der Waals surface area contributed by atoms with Crippen LogP contribution >= 0.6 is 23.2 Å². The Morgan fingerprint density at radius 2 is 1.68 bits per heavy atom. The zero-order valence-electron chi connectivity index (χ0n) is 16.1. The van der Waals surface area contributed by atoms with Gasteiger partial charge in [-0.25, -0.2) is 0 Å². The van der Waals surface area contributed by atoms with E-state index in [0.29, 0.717) is 27.6 Å². The molecule has 0 saturated heterocycles. The smallest absolute Gasteiger partial charge is 0.230 e. The molecule has 4 saturated carbocycles. The van der Waals surface area contributed by atoms with Crippen LogP contribution in [0, 0.1) is 24.2 Å².